The second kappa shape index (κ2) is 5.09. The lowest BCUT2D eigenvalue weighted by Crippen LogP contribution is -2.29. The zero-order valence-corrected chi connectivity index (χ0v) is 11.2. The number of hydrogen-bond donors (Lipinski definition) is 1. The Kier molecular flexibility index (Phi) is 3.72. The van der Waals surface area contributed by atoms with E-state index in [0.29, 0.717) is 6.04 Å². The second-order valence-corrected chi connectivity index (χ2v) is 5.53. The van der Waals surface area contributed by atoms with Gasteiger partial charge in [-0.25, -0.2) is 0 Å². The average molecular weight is 232 g/mol. The van der Waals surface area contributed by atoms with E-state index in [0.717, 1.165) is 24.7 Å². The highest BCUT2D eigenvalue weighted by Crippen LogP contribution is 2.28. The Labute approximate surface area is 105 Å². The van der Waals surface area contributed by atoms with Gasteiger partial charge in [0.15, 0.2) is 0 Å². The highest BCUT2D eigenvalue weighted by atomic mass is 15.2. The fraction of sp³-hybridized carbons (Fsp3) is 0.600. The number of hydrogen-bond acceptors (Lipinski definition) is 2. The van der Waals surface area contributed by atoms with E-state index in [1.165, 1.54) is 24.0 Å². The van der Waals surface area contributed by atoms with Gasteiger partial charge in [0.05, 0.1) is 0 Å². The molecule has 2 N–H and O–H groups in total. The molecule has 2 heteroatoms. The summed E-state index contributed by atoms with van der Waals surface area (Å²) in [5, 5.41) is 0. The molecule has 0 aliphatic carbocycles. The minimum Gasteiger partial charge on any atom is -0.399 e. The molecule has 0 bridgehead atoms. The molecular weight excluding hydrogens is 208 g/mol. The molecule has 1 heterocycles. The van der Waals surface area contributed by atoms with E-state index in [4.69, 9.17) is 5.73 Å². The molecule has 1 aliphatic heterocycles. The third-order valence-electron chi connectivity index (χ3n) is 4.04. The monoisotopic (exact) mass is 232 g/mol. The van der Waals surface area contributed by atoms with Crippen LogP contribution in [0.5, 0.6) is 0 Å². The summed E-state index contributed by atoms with van der Waals surface area (Å²) in [7, 11) is 0. The topological polar surface area (TPSA) is 29.3 Å². The van der Waals surface area contributed by atoms with E-state index in [2.05, 4.69) is 37.8 Å². The summed E-state index contributed by atoms with van der Waals surface area (Å²) in [4.78, 5) is 2.57. The molecule has 0 spiro atoms. The lowest BCUT2D eigenvalue weighted by Gasteiger charge is -2.26. The van der Waals surface area contributed by atoms with Crippen LogP contribution in [0.15, 0.2) is 18.2 Å². The molecule has 2 atom stereocenters. The van der Waals surface area contributed by atoms with Crippen LogP contribution < -0.4 is 5.73 Å². The van der Waals surface area contributed by atoms with Crippen molar-refractivity contribution >= 4 is 5.69 Å². The van der Waals surface area contributed by atoms with Crippen LogP contribution in [-0.2, 0) is 13.1 Å². The summed E-state index contributed by atoms with van der Waals surface area (Å²) in [6.07, 6.45) is 2.57. The van der Waals surface area contributed by atoms with Gasteiger partial charge in [0.25, 0.3) is 0 Å². The van der Waals surface area contributed by atoms with E-state index >= 15 is 0 Å². The molecule has 0 saturated carbocycles. The van der Waals surface area contributed by atoms with Crippen molar-refractivity contribution in [3.8, 4) is 0 Å². The maximum Gasteiger partial charge on any atom is 0.0317 e. The van der Waals surface area contributed by atoms with Crippen molar-refractivity contribution in [2.45, 2.75) is 52.7 Å². The Morgan fingerprint density at radius 1 is 1.24 bits per heavy atom. The molecule has 0 fully saturated rings. The number of nitrogen functional groups attached to an aromatic ring is 1. The van der Waals surface area contributed by atoms with Gasteiger partial charge in [0.1, 0.15) is 0 Å². The first kappa shape index (κ1) is 12.4. The van der Waals surface area contributed by atoms with Gasteiger partial charge in [-0.2, -0.15) is 0 Å². The van der Waals surface area contributed by atoms with Gasteiger partial charge >= 0.3 is 0 Å². The van der Waals surface area contributed by atoms with Crippen LogP contribution >= 0.6 is 0 Å². The van der Waals surface area contributed by atoms with Gasteiger partial charge in [-0.3, -0.25) is 4.90 Å². The molecule has 0 saturated heterocycles. The lowest BCUT2D eigenvalue weighted by molar-refractivity contribution is 0.184. The SMILES string of the molecule is CCC(C)CC(C)N1Cc2ccc(N)cc2C1. The van der Waals surface area contributed by atoms with Crippen molar-refractivity contribution in [2.24, 2.45) is 5.92 Å². The fourth-order valence-electron chi connectivity index (χ4n) is 2.65. The number of benzene rings is 1. The van der Waals surface area contributed by atoms with E-state index in [1.54, 1.807) is 0 Å². The third kappa shape index (κ3) is 2.81. The minimum atomic E-state index is 0.665. The molecule has 1 aromatic carbocycles. The first-order chi connectivity index (χ1) is 8.10. The normalized spacial score (nSPS) is 19.0. The molecule has 0 aromatic heterocycles. The van der Waals surface area contributed by atoms with Crippen molar-refractivity contribution in [3.05, 3.63) is 29.3 Å². The number of fused-ring (bicyclic) bond motifs is 1. The number of nitrogens with two attached hydrogens (primary N) is 1. The van der Waals surface area contributed by atoms with Crippen LogP contribution in [0.25, 0.3) is 0 Å². The summed E-state index contributed by atoms with van der Waals surface area (Å²) in [6.45, 7) is 9.13. The van der Waals surface area contributed by atoms with Crippen LogP contribution in [0, 0.1) is 5.92 Å². The van der Waals surface area contributed by atoms with Crippen molar-refractivity contribution in [2.75, 3.05) is 5.73 Å². The number of nitrogens with zero attached hydrogens (tertiary/aromatic N) is 1. The zero-order chi connectivity index (χ0) is 12.4. The highest BCUT2D eigenvalue weighted by Gasteiger charge is 2.23. The summed E-state index contributed by atoms with van der Waals surface area (Å²) >= 11 is 0. The van der Waals surface area contributed by atoms with Crippen molar-refractivity contribution < 1.29 is 0 Å². The van der Waals surface area contributed by atoms with Crippen LogP contribution in [0.2, 0.25) is 0 Å². The summed E-state index contributed by atoms with van der Waals surface area (Å²) in [6, 6.07) is 6.99. The van der Waals surface area contributed by atoms with E-state index in [1.807, 2.05) is 6.07 Å². The first-order valence-electron chi connectivity index (χ1n) is 6.71. The predicted octanol–water partition coefficient (Wildman–Crippen LogP) is 3.41. The molecule has 1 aromatic rings. The quantitative estimate of drug-likeness (QED) is 0.806. The molecule has 2 unspecified atom stereocenters. The third-order valence-corrected chi connectivity index (χ3v) is 4.04. The molecule has 1 aliphatic rings. The van der Waals surface area contributed by atoms with Crippen LogP contribution in [0.3, 0.4) is 0 Å². The Balaban J connectivity index is 1.99. The lowest BCUT2D eigenvalue weighted by atomic mass is 9.99. The largest absolute Gasteiger partial charge is 0.399 e. The standard InChI is InChI=1S/C15H24N2/c1-4-11(2)7-12(3)17-9-13-5-6-15(16)8-14(13)10-17/h5-6,8,11-12H,4,7,9-10,16H2,1-3H3. The van der Waals surface area contributed by atoms with Gasteiger partial charge in [-0.15, -0.1) is 0 Å². The zero-order valence-electron chi connectivity index (χ0n) is 11.2. The van der Waals surface area contributed by atoms with Crippen LogP contribution in [0.1, 0.15) is 44.7 Å². The summed E-state index contributed by atoms with van der Waals surface area (Å²) in [5.74, 6) is 0.818. The maximum absolute atomic E-state index is 5.84. The summed E-state index contributed by atoms with van der Waals surface area (Å²) < 4.78 is 0. The van der Waals surface area contributed by atoms with Gasteiger partial charge in [-0.05, 0) is 42.5 Å². The minimum absolute atomic E-state index is 0.665. The first-order valence-corrected chi connectivity index (χ1v) is 6.71. The molecule has 0 amide bonds. The van der Waals surface area contributed by atoms with Crippen LogP contribution in [-0.4, -0.2) is 10.9 Å². The highest BCUT2D eigenvalue weighted by molar-refractivity contribution is 5.46. The molecule has 94 valence electrons. The van der Waals surface area contributed by atoms with Gasteiger partial charge < -0.3 is 5.73 Å². The van der Waals surface area contributed by atoms with Gasteiger partial charge in [-0.1, -0.05) is 26.3 Å². The Hall–Kier alpha value is -1.02. The number of rotatable bonds is 4. The smallest absolute Gasteiger partial charge is 0.0317 e. The van der Waals surface area contributed by atoms with Gasteiger partial charge in [0, 0.05) is 24.8 Å². The molecule has 17 heavy (non-hydrogen) atoms. The fourth-order valence-corrected chi connectivity index (χ4v) is 2.65. The van der Waals surface area contributed by atoms with Crippen LogP contribution in [0.4, 0.5) is 5.69 Å². The molecule has 2 nitrogen and oxygen atoms in total. The Morgan fingerprint density at radius 3 is 2.65 bits per heavy atom. The summed E-state index contributed by atoms with van der Waals surface area (Å²) in [5.41, 5.74) is 9.60. The van der Waals surface area contributed by atoms with Crippen molar-refractivity contribution in [1.82, 2.24) is 4.90 Å². The number of anilines is 1. The van der Waals surface area contributed by atoms with E-state index < -0.39 is 0 Å². The van der Waals surface area contributed by atoms with Crippen molar-refractivity contribution in [1.29, 1.82) is 0 Å². The molecule has 2 rings (SSSR count). The maximum atomic E-state index is 5.84. The molecular formula is C15H24N2. The Bertz CT molecular complexity index is 387. The Morgan fingerprint density at radius 2 is 1.94 bits per heavy atom. The molecule has 0 radical (unpaired) electrons. The van der Waals surface area contributed by atoms with Crippen molar-refractivity contribution in [3.63, 3.8) is 0 Å². The second-order valence-electron chi connectivity index (χ2n) is 5.53. The van der Waals surface area contributed by atoms with E-state index in [-0.39, 0.29) is 0 Å². The van der Waals surface area contributed by atoms with Gasteiger partial charge in [0.2, 0.25) is 0 Å². The van der Waals surface area contributed by atoms with E-state index in [9.17, 15) is 0 Å². The average Bonchev–Trinajstić information content (AvgIpc) is 2.71. The predicted molar refractivity (Wildman–Crippen MR) is 73.6 cm³/mol.